The van der Waals surface area contributed by atoms with E-state index in [9.17, 15) is 0 Å². The molecule has 0 radical (unpaired) electrons. The van der Waals surface area contributed by atoms with E-state index in [-0.39, 0.29) is 0 Å². The van der Waals surface area contributed by atoms with Crippen LogP contribution in [0.15, 0.2) is 12.3 Å². The van der Waals surface area contributed by atoms with E-state index in [1.165, 1.54) is 37.8 Å². The number of nitrogens with zero attached hydrogens (tertiary/aromatic N) is 2. The van der Waals surface area contributed by atoms with Crippen LogP contribution in [0, 0.1) is 5.92 Å². The molecule has 0 bridgehead atoms. The molecular formula is C16H27N3O. The highest BCUT2D eigenvalue weighted by molar-refractivity contribution is 5.04. The number of hydrogen-bond acceptors (Lipinski definition) is 3. The van der Waals surface area contributed by atoms with E-state index in [4.69, 9.17) is 9.84 Å². The van der Waals surface area contributed by atoms with Gasteiger partial charge in [0.25, 0.3) is 0 Å². The van der Waals surface area contributed by atoms with E-state index in [2.05, 4.69) is 29.2 Å². The van der Waals surface area contributed by atoms with Crippen LogP contribution in [0.3, 0.4) is 0 Å². The van der Waals surface area contributed by atoms with Gasteiger partial charge in [-0.15, -0.1) is 0 Å². The van der Waals surface area contributed by atoms with Crippen molar-refractivity contribution in [3.8, 4) is 0 Å². The predicted molar refractivity (Wildman–Crippen MR) is 79.8 cm³/mol. The van der Waals surface area contributed by atoms with Crippen molar-refractivity contribution in [1.82, 2.24) is 15.1 Å². The summed E-state index contributed by atoms with van der Waals surface area (Å²) in [7, 11) is 0. The van der Waals surface area contributed by atoms with E-state index >= 15 is 0 Å². The molecule has 4 nitrogen and oxygen atoms in total. The molecule has 2 aliphatic rings. The van der Waals surface area contributed by atoms with Crippen LogP contribution in [0.1, 0.15) is 50.8 Å². The highest BCUT2D eigenvalue weighted by Crippen LogP contribution is 2.29. The Morgan fingerprint density at radius 1 is 1.40 bits per heavy atom. The first kappa shape index (κ1) is 14.1. The molecule has 1 aliphatic heterocycles. The zero-order valence-electron chi connectivity index (χ0n) is 12.6. The van der Waals surface area contributed by atoms with Crippen molar-refractivity contribution in [2.24, 2.45) is 5.92 Å². The molecule has 2 unspecified atom stereocenters. The first-order valence-electron chi connectivity index (χ1n) is 8.22. The molecule has 112 valence electrons. The second-order valence-corrected chi connectivity index (χ2v) is 6.22. The van der Waals surface area contributed by atoms with E-state index in [0.29, 0.717) is 18.0 Å². The highest BCUT2D eigenvalue weighted by Gasteiger charge is 2.26. The molecular weight excluding hydrogens is 250 g/mol. The fourth-order valence-electron chi connectivity index (χ4n) is 3.62. The average molecular weight is 277 g/mol. The van der Waals surface area contributed by atoms with Crippen LogP contribution in [0.25, 0.3) is 0 Å². The van der Waals surface area contributed by atoms with Gasteiger partial charge in [-0.25, -0.2) is 0 Å². The van der Waals surface area contributed by atoms with Crippen LogP contribution in [-0.4, -0.2) is 35.6 Å². The topological polar surface area (TPSA) is 39.1 Å². The largest absolute Gasteiger partial charge is 0.381 e. The molecule has 0 amide bonds. The SMILES string of the molecule is CCNC(Cc1ccn(C2CCCC2)n1)C1CCOC1. The monoisotopic (exact) mass is 277 g/mol. The van der Waals surface area contributed by atoms with Crippen LogP contribution in [0.2, 0.25) is 0 Å². The summed E-state index contributed by atoms with van der Waals surface area (Å²) in [6, 6.07) is 3.36. The second kappa shape index (κ2) is 6.72. The van der Waals surface area contributed by atoms with Gasteiger partial charge in [0.2, 0.25) is 0 Å². The van der Waals surface area contributed by atoms with Crippen molar-refractivity contribution < 1.29 is 4.74 Å². The van der Waals surface area contributed by atoms with Gasteiger partial charge in [0, 0.05) is 31.2 Å². The second-order valence-electron chi connectivity index (χ2n) is 6.22. The molecule has 20 heavy (non-hydrogen) atoms. The summed E-state index contributed by atoms with van der Waals surface area (Å²) in [5, 5.41) is 8.44. The van der Waals surface area contributed by atoms with Crippen molar-refractivity contribution in [2.75, 3.05) is 19.8 Å². The molecule has 2 atom stereocenters. The normalized spacial score (nSPS) is 25.4. The molecule has 1 aromatic heterocycles. The van der Waals surface area contributed by atoms with Gasteiger partial charge in [-0.3, -0.25) is 4.68 Å². The highest BCUT2D eigenvalue weighted by atomic mass is 16.5. The summed E-state index contributed by atoms with van der Waals surface area (Å²) in [6.45, 7) is 5.02. The molecule has 0 aromatic carbocycles. The van der Waals surface area contributed by atoms with Crippen molar-refractivity contribution in [3.63, 3.8) is 0 Å². The Labute approximate surface area is 121 Å². The maximum atomic E-state index is 5.54. The third kappa shape index (κ3) is 3.23. The maximum absolute atomic E-state index is 5.54. The van der Waals surface area contributed by atoms with Gasteiger partial charge in [-0.2, -0.15) is 5.10 Å². The number of hydrogen-bond donors (Lipinski definition) is 1. The summed E-state index contributed by atoms with van der Waals surface area (Å²) in [5.74, 6) is 0.645. The minimum Gasteiger partial charge on any atom is -0.381 e. The predicted octanol–water partition coefficient (Wildman–Crippen LogP) is 2.56. The fraction of sp³-hybridized carbons (Fsp3) is 0.812. The standard InChI is InChI=1S/C16H27N3O/c1-2-17-16(13-8-10-20-12-13)11-14-7-9-19(18-14)15-5-3-4-6-15/h7,9,13,15-17H,2-6,8,10-12H2,1H3. The molecule has 1 aromatic rings. The van der Waals surface area contributed by atoms with Crippen LogP contribution < -0.4 is 5.32 Å². The quantitative estimate of drug-likeness (QED) is 0.868. The summed E-state index contributed by atoms with van der Waals surface area (Å²) < 4.78 is 7.75. The minimum absolute atomic E-state index is 0.509. The molecule has 1 N–H and O–H groups in total. The lowest BCUT2D eigenvalue weighted by atomic mass is 9.95. The Kier molecular flexibility index (Phi) is 4.73. The van der Waals surface area contributed by atoms with Gasteiger partial charge >= 0.3 is 0 Å². The number of aromatic nitrogens is 2. The summed E-state index contributed by atoms with van der Waals surface area (Å²) in [5.41, 5.74) is 1.23. The molecule has 1 saturated carbocycles. The molecule has 4 heteroatoms. The average Bonchev–Trinajstić information content (AvgIpc) is 3.20. The molecule has 3 rings (SSSR count). The van der Waals surface area contributed by atoms with Gasteiger partial charge in [0.15, 0.2) is 0 Å². The first-order valence-corrected chi connectivity index (χ1v) is 8.22. The Bertz CT molecular complexity index is 406. The molecule has 2 fully saturated rings. The number of ether oxygens (including phenoxy) is 1. The summed E-state index contributed by atoms with van der Waals surface area (Å²) in [4.78, 5) is 0. The van der Waals surface area contributed by atoms with Crippen LogP contribution in [0.4, 0.5) is 0 Å². The maximum Gasteiger partial charge on any atom is 0.0640 e. The van der Waals surface area contributed by atoms with Crippen molar-refractivity contribution >= 4 is 0 Å². The third-order valence-electron chi connectivity index (χ3n) is 4.79. The molecule has 1 saturated heterocycles. The van der Waals surface area contributed by atoms with Crippen LogP contribution in [0.5, 0.6) is 0 Å². The van der Waals surface area contributed by atoms with Gasteiger partial charge in [-0.05, 0) is 31.9 Å². The third-order valence-corrected chi connectivity index (χ3v) is 4.79. The van der Waals surface area contributed by atoms with Gasteiger partial charge < -0.3 is 10.1 Å². The lowest BCUT2D eigenvalue weighted by Crippen LogP contribution is -2.38. The number of nitrogens with one attached hydrogen (secondary N) is 1. The van der Waals surface area contributed by atoms with E-state index < -0.39 is 0 Å². The fourth-order valence-corrected chi connectivity index (χ4v) is 3.62. The zero-order valence-corrected chi connectivity index (χ0v) is 12.6. The smallest absolute Gasteiger partial charge is 0.0640 e. The number of likely N-dealkylation sites (N-methyl/N-ethyl adjacent to an activating group) is 1. The summed E-state index contributed by atoms with van der Waals surface area (Å²) >= 11 is 0. The van der Waals surface area contributed by atoms with Gasteiger partial charge in [0.1, 0.15) is 0 Å². The van der Waals surface area contributed by atoms with Gasteiger partial charge in [-0.1, -0.05) is 19.8 Å². The van der Waals surface area contributed by atoms with Gasteiger partial charge in [0.05, 0.1) is 18.3 Å². The Hall–Kier alpha value is -0.870. The van der Waals surface area contributed by atoms with E-state index in [1.807, 2.05) is 0 Å². The Balaban J connectivity index is 1.62. The van der Waals surface area contributed by atoms with Crippen molar-refractivity contribution in [1.29, 1.82) is 0 Å². The zero-order chi connectivity index (χ0) is 13.8. The van der Waals surface area contributed by atoms with Crippen molar-refractivity contribution in [2.45, 2.75) is 57.5 Å². The van der Waals surface area contributed by atoms with E-state index in [0.717, 1.165) is 26.2 Å². The van der Waals surface area contributed by atoms with E-state index in [1.54, 1.807) is 0 Å². The van der Waals surface area contributed by atoms with Crippen molar-refractivity contribution in [3.05, 3.63) is 18.0 Å². The molecule has 2 heterocycles. The molecule has 0 spiro atoms. The molecule has 1 aliphatic carbocycles. The Morgan fingerprint density at radius 2 is 2.25 bits per heavy atom. The Morgan fingerprint density at radius 3 is 2.95 bits per heavy atom. The number of rotatable bonds is 6. The lowest BCUT2D eigenvalue weighted by Gasteiger charge is -2.22. The van der Waals surface area contributed by atoms with Crippen LogP contribution >= 0.6 is 0 Å². The first-order chi connectivity index (χ1) is 9.86. The summed E-state index contributed by atoms with van der Waals surface area (Å²) in [6.07, 6.45) is 9.71. The lowest BCUT2D eigenvalue weighted by molar-refractivity contribution is 0.176. The minimum atomic E-state index is 0.509. The van der Waals surface area contributed by atoms with Crippen LogP contribution in [-0.2, 0) is 11.2 Å².